The second-order valence-corrected chi connectivity index (χ2v) is 4.29. The summed E-state index contributed by atoms with van der Waals surface area (Å²) < 4.78 is 4.77. The number of anilines is 1. The van der Waals surface area contributed by atoms with E-state index in [-0.39, 0.29) is 5.84 Å². The van der Waals surface area contributed by atoms with Crippen LogP contribution in [-0.4, -0.2) is 18.9 Å². The van der Waals surface area contributed by atoms with Crippen molar-refractivity contribution in [3.05, 3.63) is 53.6 Å². The Labute approximate surface area is 116 Å². The van der Waals surface area contributed by atoms with E-state index in [0.29, 0.717) is 22.4 Å². The van der Waals surface area contributed by atoms with Crippen LogP contribution >= 0.6 is 0 Å². The Balaban J connectivity index is 2.60. The normalized spacial score (nSPS) is 10.1. The first-order chi connectivity index (χ1) is 9.52. The Hall–Kier alpha value is -2.82. The molecular weight excluding hydrogens is 254 g/mol. The van der Waals surface area contributed by atoms with Gasteiger partial charge in [0.25, 0.3) is 0 Å². The van der Waals surface area contributed by atoms with E-state index in [1.807, 2.05) is 6.07 Å². The molecule has 0 unspecified atom stereocenters. The zero-order chi connectivity index (χ0) is 14.7. The van der Waals surface area contributed by atoms with Crippen molar-refractivity contribution >= 4 is 17.5 Å². The highest BCUT2D eigenvalue weighted by Crippen LogP contribution is 2.27. The average molecular weight is 269 g/mol. The number of nitrogens with one attached hydrogen (secondary N) is 1. The SMILES string of the molecule is COC(=O)c1cc(N)ccc1-c1cccc(C(=N)N)c1. The van der Waals surface area contributed by atoms with Crippen molar-refractivity contribution in [2.45, 2.75) is 0 Å². The number of esters is 1. The molecule has 0 saturated carbocycles. The second-order valence-electron chi connectivity index (χ2n) is 4.29. The van der Waals surface area contributed by atoms with Crippen molar-refractivity contribution in [3.63, 3.8) is 0 Å². The lowest BCUT2D eigenvalue weighted by atomic mass is 9.97. The van der Waals surface area contributed by atoms with Crippen molar-refractivity contribution < 1.29 is 9.53 Å². The van der Waals surface area contributed by atoms with Crippen LogP contribution in [0.2, 0.25) is 0 Å². The topological polar surface area (TPSA) is 102 Å². The molecule has 0 amide bonds. The predicted octanol–water partition coefficient (Wildman–Crippen LogP) is 2.01. The lowest BCUT2D eigenvalue weighted by molar-refractivity contribution is 0.0601. The van der Waals surface area contributed by atoms with E-state index in [1.165, 1.54) is 7.11 Å². The van der Waals surface area contributed by atoms with Gasteiger partial charge in [-0.25, -0.2) is 4.79 Å². The van der Waals surface area contributed by atoms with Gasteiger partial charge >= 0.3 is 5.97 Å². The molecule has 102 valence electrons. The van der Waals surface area contributed by atoms with Gasteiger partial charge in [-0.2, -0.15) is 0 Å². The molecule has 0 aliphatic rings. The van der Waals surface area contributed by atoms with Crippen LogP contribution in [0.25, 0.3) is 11.1 Å². The smallest absolute Gasteiger partial charge is 0.338 e. The molecule has 2 aromatic rings. The molecule has 0 radical (unpaired) electrons. The van der Waals surface area contributed by atoms with Gasteiger partial charge in [0.15, 0.2) is 0 Å². The monoisotopic (exact) mass is 269 g/mol. The highest BCUT2D eigenvalue weighted by Gasteiger charge is 2.14. The van der Waals surface area contributed by atoms with Crippen molar-refractivity contribution in [3.8, 4) is 11.1 Å². The molecule has 0 aromatic heterocycles. The number of nitrogen functional groups attached to an aromatic ring is 2. The van der Waals surface area contributed by atoms with Gasteiger partial charge in [0.1, 0.15) is 5.84 Å². The summed E-state index contributed by atoms with van der Waals surface area (Å²) in [6.45, 7) is 0. The van der Waals surface area contributed by atoms with Gasteiger partial charge in [-0.3, -0.25) is 5.41 Å². The molecule has 5 heteroatoms. The summed E-state index contributed by atoms with van der Waals surface area (Å²) in [6, 6.07) is 12.1. The average Bonchev–Trinajstić information content (AvgIpc) is 2.46. The minimum atomic E-state index is -0.458. The van der Waals surface area contributed by atoms with Crippen LogP contribution in [0.4, 0.5) is 5.69 Å². The lowest BCUT2D eigenvalue weighted by Crippen LogP contribution is -2.11. The third-order valence-electron chi connectivity index (χ3n) is 2.93. The molecule has 0 bridgehead atoms. The van der Waals surface area contributed by atoms with Crippen LogP contribution in [0.3, 0.4) is 0 Å². The summed E-state index contributed by atoms with van der Waals surface area (Å²) >= 11 is 0. The Morgan fingerprint density at radius 3 is 2.60 bits per heavy atom. The zero-order valence-corrected chi connectivity index (χ0v) is 11.0. The minimum absolute atomic E-state index is 0.0260. The molecular formula is C15H15N3O2. The maximum atomic E-state index is 11.8. The summed E-state index contributed by atoms with van der Waals surface area (Å²) in [5.41, 5.74) is 14.1. The maximum Gasteiger partial charge on any atom is 0.338 e. The largest absolute Gasteiger partial charge is 0.465 e. The van der Waals surface area contributed by atoms with Gasteiger partial charge in [-0.1, -0.05) is 24.3 Å². The summed E-state index contributed by atoms with van der Waals surface area (Å²) in [7, 11) is 1.32. The van der Waals surface area contributed by atoms with Crippen LogP contribution in [0.15, 0.2) is 42.5 Å². The molecule has 0 aliphatic carbocycles. The molecule has 0 aliphatic heterocycles. The maximum absolute atomic E-state index is 11.8. The number of carbonyl (C=O) groups is 1. The van der Waals surface area contributed by atoms with E-state index in [2.05, 4.69) is 0 Å². The Bertz CT molecular complexity index is 681. The van der Waals surface area contributed by atoms with E-state index < -0.39 is 5.97 Å². The van der Waals surface area contributed by atoms with Crippen LogP contribution in [0.1, 0.15) is 15.9 Å². The number of amidine groups is 1. The fourth-order valence-electron chi connectivity index (χ4n) is 1.95. The van der Waals surface area contributed by atoms with E-state index in [0.717, 1.165) is 5.56 Å². The number of hydrogen-bond acceptors (Lipinski definition) is 4. The summed E-state index contributed by atoms with van der Waals surface area (Å²) in [6.07, 6.45) is 0. The lowest BCUT2D eigenvalue weighted by Gasteiger charge is -2.10. The Morgan fingerprint density at radius 2 is 1.95 bits per heavy atom. The molecule has 20 heavy (non-hydrogen) atoms. The van der Waals surface area contributed by atoms with Gasteiger partial charge in [0.2, 0.25) is 0 Å². The molecule has 2 rings (SSSR count). The fourth-order valence-corrected chi connectivity index (χ4v) is 1.95. The molecule has 0 atom stereocenters. The minimum Gasteiger partial charge on any atom is -0.465 e. The van der Waals surface area contributed by atoms with E-state index in [9.17, 15) is 4.79 Å². The summed E-state index contributed by atoms with van der Waals surface area (Å²) in [5.74, 6) is -0.484. The molecule has 0 fully saturated rings. The second kappa shape index (κ2) is 5.44. The van der Waals surface area contributed by atoms with Crippen LogP contribution in [0.5, 0.6) is 0 Å². The highest BCUT2D eigenvalue weighted by molar-refractivity contribution is 6.00. The number of carbonyl (C=O) groups excluding carboxylic acids is 1. The molecule has 0 spiro atoms. The number of benzene rings is 2. The first-order valence-electron chi connectivity index (χ1n) is 5.95. The Kier molecular flexibility index (Phi) is 3.70. The Morgan fingerprint density at radius 1 is 1.20 bits per heavy atom. The van der Waals surface area contributed by atoms with Crippen LogP contribution < -0.4 is 11.5 Å². The summed E-state index contributed by atoms with van der Waals surface area (Å²) in [4.78, 5) is 11.8. The van der Waals surface area contributed by atoms with Gasteiger partial charge in [-0.05, 0) is 29.3 Å². The number of ether oxygens (including phenoxy) is 1. The molecule has 5 nitrogen and oxygen atoms in total. The van der Waals surface area contributed by atoms with E-state index in [1.54, 1.807) is 36.4 Å². The van der Waals surface area contributed by atoms with Crippen LogP contribution in [0, 0.1) is 5.41 Å². The zero-order valence-electron chi connectivity index (χ0n) is 11.0. The predicted molar refractivity (Wildman–Crippen MR) is 78.6 cm³/mol. The number of rotatable bonds is 3. The first-order valence-corrected chi connectivity index (χ1v) is 5.95. The number of hydrogen-bond donors (Lipinski definition) is 3. The van der Waals surface area contributed by atoms with Crippen molar-refractivity contribution in [1.82, 2.24) is 0 Å². The summed E-state index contributed by atoms with van der Waals surface area (Å²) in [5, 5.41) is 7.47. The van der Waals surface area contributed by atoms with E-state index in [4.69, 9.17) is 21.6 Å². The highest BCUT2D eigenvalue weighted by atomic mass is 16.5. The van der Waals surface area contributed by atoms with Crippen LogP contribution in [-0.2, 0) is 4.74 Å². The quantitative estimate of drug-likeness (QED) is 0.343. The van der Waals surface area contributed by atoms with Crippen molar-refractivity contribution in [1.29, 1.82) is 5.41 Å². The third-order valence-corrected chi connectivity index (χ3v) is 2.93. The van der Waals surface area contributed by atoms with Gasteiger partial charge in [0.05, 0.1) is 12.7 Å². The van der Waals surface area contributed by atoms with Crippen molar-refractivity contribution in [2.24, 2.45) is 5.73 Å². The molecule has 5 N–H and O–H groups in total. The first kappa shape index (κ1) is 13.6. The third kappa shape index (κ3) is 2.61. The van der Waals surface area contributed by atoms with Gasteiger partial charge in [0, 0.05) is 11.3 Å². The standard InChI is InChI=1S/C15H15N3O2/c1-20-15(19)13-8-11(16)5-6-12(13)9-3-2-4-10(7-9)14(17)18/h2-8H,16H2,1H3,(H3,17,18). The van der Waals surface area contributed by atoms with Gasteiger partial charge < -0.3 is 16.2 Å². The molecule has 0 heterocycles. The number of methoxy groups -OCH3 is 1. The molecule has 0 saturated heterocycles. The fraction of sp³-hybridized carbons (Fsp3) is 0.0667. The molecule has 2 aromatic carbocycles. The van der Waals surface area contributed by atoms with E-state index >= 15 is 0 Å². The van der Waals surface area contributed by atoms with Gasteiger partial charge in [-0.15, -0.1) is 0 Å². The van der Waals surface area contributed by atoms with Crippen molar-refractivity contribution in [2.75, 3.05) is 12.8 Å². The number of nitrogens with two attached hydrogens (primary N) is 2.